The first-order valence-electron chi connectivity index (χ1n) is 6.09. The van der Waals surface area contributed by atoms with E-state index in [4.69, 9.17) is 5.73 Å². The molecule has 0 saturated heterocycles. The third kappa shape index (κ3) is 4.28. The second-order valence-corrected chi connectivity index (χ2v) is 6.33. The molecule has 1 amide bonds. The number of nitrogens with one attached hydrogen (secondary N) is 1. The molecule has 0 fully saturated rings. The summed E-state index contributed by atoms with van der Waals surface area (Å²) in [5, 5.41) is 2.91. The van der Waals surface area contributed by atoms with Crippen LogP contribution in [-0.2, 0) is 4.79 Å². The van der Waals surface area contributed by atoms with Crippen molar-refractivity contribution in [3.8, 4) is 0 Å². The first kappa shape index (κ1) is 14.9. The zero-order valence-corrected chi connectivity index (χ0v) is 13.4. The summed E-state index contributed by atoms with van der Waals surface area (Å²) in [7, 11) is 0. The lowest BCUT2D eigenvalue weighted by Crippen LogP contribution is -2.14. The van der Waals surface area contributed by atoms with Crippen LogP contribution in [-0.4, -0.2) is 11.7 Å². The summed E-state index contributed by atoms with van der Waals surface area (Å²) < 4.78 is 1.00. The summed E-state index contributed by atoms with van der Waals surface area (Å²) in [6.45, 7) is 1.97. The molecule has 0 unspecified atom stereocenters. The van der Waals surface area contributed by atoms with Gasteiger partial charge in [0.25, 0.3) is 0 Å². The zero-order chi connectivity index (χ0) is 14.5. The van der Waals surface area contributed by atoms with Crippen LogP contribution < -0.4 is 11.1 Å². The van der Waals surface area contributed by atoms with Crippen LogP contribution in [0.4, 0.5) is 11.4 Å². The Labute approximate surface area is 131 Å². The minimum atomic E-state index is -0.0164. The Hall–Kier alpha value is -1.46. The summed E-state index contributed by atoms with van der Waals surface area (Å²) >= 11 is 4.89. The van der Waals surface area contributed by atoms with Crippen LogP contribution in [0.25, 0.3) is 0 Å². The van der Waals surface area contributed by atoms with Crippen LogP contribution in [0.1, 0.15) is 5.56 Å². The molecule has 0 aromatic heterocycles. The average molecular weight is 351 g/mol. The molecular formula is C15H15BrN2OS. The van der Waals surface area contributed by atoms with E-state index in [0.29, 0.717) is 5.75 Å². The second-order valence-electron chi connectivity index (χ2n) is 4.37. The van der Waals surface area contributed by atoms with Crippen LogP contribution in [0.15, 0.2) is 51.8 Å². The van der Waals surface area contributed by atoms with Crippen molar-refractivity contribution in [2.45, 2.75) is 11.8 Å². The van der Waals surface area contributed by atoms with Crippen molar-refractivity contribution in [2.75, 3.05) is 16.8 Å². The van der Waals surface area contributed by atoms with E-state index in [0.717, 1.165) is 26.3 Å². The Kier molecular flexibility index (Phi) is 5.09. The van der Waals surface area contributed by atoms with Gasteiger partial charge in [0.1, 0.15) is 0 Å². The highest BCUT2D eigenvalue weighted by Crippen LogP contribution is 2.22. The van der Waals surface area contributed by atoms with Gasteiger partial charge in [-0.05, 0) is 55.0 Å². The predicted molar refractivity (Wildman–Crippen MR) is 89.1 cm³/mol. The van der Waals surface area contributed by atoms with Crippen molar-refractivity contribution in [3.05, 3.63) is 52.5 Å². The monoisotopic (exact) mass is 350 g/mol. The van der Waals surface area contributed by atoms with Gasteiger partial charge >= 0.3 is 0 Å². The van der Waals surface area contributed by atoms with E-state index >= 15 is 0 Å². The van der Waals surface area contributed by atoms with E-state index in [-0.39, 0.29) is 5.91 Å². The highest BCUT2D eigenvalue weighted by atomic mass is 79.9. The van der Waals surface area contributed by atoms with Crippen LogP contribution in [0.2, 0.25) is 0 Å². The average Bonchev–Trinajstić information content (AvgIpc) is 2.41. The fourth-order valence-electron chi connectivity index (χ4n) is 1.67. The molecule has 0 heterocycles. The van der Waals surface area contributed by atoms with Gasteiger partial charge < -0.3 is 11.1 Å². The predicted octanol–water partition coefficient (Wildman–Crippen LogP) is 4.07. The van der Waals surface area contributed by atoms with E-state index in [1.54, 1.807) is 0 Å². The number of carbonyl (C=O) groups excluding carboxylic acids is 1. The number of amides is 1. The Morgan fingerprint density at radius 3 is 2.60 bits per heavy atom. The van der Waals surface area contributed by atoms with E-state index in [9.17, 15) is 4.79 Å². The largest absolute Gasteiger partial charge is 0.399 e. The number of carbonyl (C=O) groups is 1. The maximum atomic E-state index is 11.9. The fourth-order valence-corrected chi connectivity index (χ4v) is 2.84. The lowest BCUT2D eigenvalue weighted by molar-refractivity contribution is -0.113. The van der Waals surface area contributed by atoms with Crippen LogP contribution >= 0.6 is 27.7 Å². The molecule has 104 valence electrons. The van der Waals surface area contributed by atoms with E-state index in [1.807, 2.05) is 49.4 Å². The third-order valence-corrected chi connectivity index (χ3v) is 4.22. The summed E-state index contributed by atoms with van der Waals surface area (Å²) in [5.74, 6) is 0.358. The molecule has 0 aliphatic rings. The molecule has 0 aliphatic carbocycles. The van der Waals surface area contributed by atoms with Gasteiger partial charge in [-0.3, -0.25) is 4.79 Å². The zero-order valence-electron chi connectivity index (χ0n) is 11.0. The number of thioether (sulfide) groups is 1. The Balaban J connectivity index is 1.90. The number of hydrogen-bond donors (Lipinski definition) is 2. The molecule has 0 aliphatic heterocycles. The maximum Gasteiger partial charge on any atom is 0.234 e. The Morgan fingerprint density at radius 2 is 1.95 bits per heavy atom. The smallest absolute Gasteiger partial charge is 0.234 e. The number of rotatable bonds is 4. The van der Waals surface area contributed by atoms with Gasteiger partial charge in [0.2, 0.25) is 5.91 Å². The van der Waals surface area contributed by atoms with E-state index in [1.165, 1.54) is 11.8 Å². The molecule has 2 aromatic carbocycles. The van der Waals surface area contributed by atoms with Gasteiger partial charge in [-0.1, -0.05) is 15.9 Å². The highest BCUT2D eigenvalue weighted by Gasteiger charge is 2.06. The number of benzene rings is 2. The lowest BCUT2D eigenvalue weighted by Gasteiger charge is -2.08. The molecule has 20 heavy (non-hydrogen) atoms. The van der Waals surface area contributed by atoms with Gasteiger partial charge in [-0.2, -0.15) is 0 Å². The SMILES string of the molecule is Cc1cc(Br)ccc1NC(=O)CSc1ccc(N)cc1. The number of halogens is 1. The number of aryl methyl sites for hydroxylation is 1. The van der Waals surface area contributed by atoms with Crippen molar-refractivity contribution in [2.24, 2.45) is 0 Å². The van der Waals surface area contributed by atoms with Crippen molar-refractivity contribution in [3.63, 3.8) is 0 Å². The number of nitrogen functional groups attached to an aromatic ring is 1. The highest BCUT2D eigenvalue weighted by molar-refractivity contribution is 9.10. The molecule has 2 aromatic rings. The number of anilines is 2. The molecule has 0 saturated carbocycles. The minimum absolute atomic E-state index is 0.0164. The Bertz CT molecular complexity index is 614. The quantitative estimate of drug-likeness (QED) is 0.645. The molecule has 3 N–H and O–H groups in total. The first-order valence-corrected chi connectivity index (χ1v) is 7.87. The standard InChI is InChI=1S/C15H15BrN2OS/c1-10-8-11(16)2-7-14(10)18-15(19)9-20-13-5-3-12(17)4-6-13/h2-8H,9,17H2,1H3,(H,18,19). The fraction of sp³-hybridized carbons (Fsp3) is 0.133. The maximum absolute atomic E-state index is 11.9. The van der Waals surface area contributed by atoms with Crippen molar-refractivity contribution < 1.29 is 4.79 Å². The van der Waals surface area contributed by atoms with E-state index < -0.39 is 0 Å². The van der Waals surface area contributed by atoms with Gasteiger partial charge in [-0.15, -0.1) is 11.8 Å². The van der Waals surface area contributed by atoms with Crippen LogP contribution in [0.5, 0.6) is 0 Å². The first-order chi connectivity index (χ1) is 9.54. The third-order valence-electron chi connectivity index (χ3n) is 2.71. The number of hydrogen-bond acceptors (Lipinski definition) is 3. The van der Waals surface area contributed by atoms with E-state index in [2.05, 4.69) is 21.2 Å². The minimum Gasteiger partial charge on any atom is -0.399 e. The van der Waals surface area contributed by atoms with Gasteiger partial charge in [0.05, 0.1) is 5.75 Å². The summed E-state index contributed by atoms with van der Waals surface area (Å²) in [5.41, 5.74) is 8.22. The van der Waals surface area contributed by atoms with Crippen molar-refractivity contribution in [1.82, 2.24) is 0 Å². The molecule has 0 atom stereocenters. The molecule has 5 heteroatoms. The van der Waals surface area contributed by atoms with Gasteiger partial charge in [0, 0.05) is 20.7 Å². The van der Waals surface area contributed by atoms with Crippen molar-refractivity contribution >= 4 is 45.0 Å². The number of nitrogens with two attached hydrogens (primary N) is 1. The molecule has 0 spiro atoms. The normalized spacial score (nSPS) is 10.3. The van der Waals surface area contributed by atoms with Gasteiger partial charge in [0.15, 0.2) is 0 Å². The molecule has 2 rings (SSSR count). The lowest BCUT2D eigenvalue weighted by atomic mass is 10.2. The molecule has 3 nitrogen and oxygen atoms in total. The van der Waals surface area contributed by atoms with Crippen LogP contribution in [0.3, 0.4) is 0 Å². The summed E-state index contributed by atoms with van der Waals surface area (Å²) in [4.78, 5) is 13.0. The van der Waals surface area contributed by atoms with Crippen molar-refractivity contribution in [1.29, 1.82) is 0 Å². The Morgan fingerprint density at radius 1 is 1.25 bits per heavy atom. The second kappa shape index (κ2) is 6.81. The van der Waals surface area contributed by atoms with Crippen LogP contribution in [0, 0.1) is 6.92 Å². The summed E-state index contributed by atoms with van der Waals surface area (Å²) in [6, 6.07) is 13.3. The topological polar surface area (TPSA) is 55.1 Å². The van der Waals surface area contributed by atoms with Gasteiger partial charge in [-0.25, -0.2) is 0 Å². The molecule has 0 bridgehead atoms. The summed E-state index contributed by atoms with van der Waals surface area (Å²) in [6.07, 6.45) is 0. The molecule has 0 radical (unpaired) electrons. The molecular weight excluding hydrogens is 336 g/mol.